The number of carbonyl (C=O) groups is 1. The van der Waals surface area contributed by atoms with Gasteiger partial charge in [-0.2, -0.15) is 0 Å². The minimum Gasteiger partial charge on any atom is -0.444 e. The standard InChI is InChI=1S/C10H20N2O3/c1-9(2,3)15-8(13)12-6-5-11-7-10(12,4)14/h11,14H,5-7H2,1-4H3/t10-/m1/s1. The third-order valence-corrected chi connectivity index (χ3v) is 2.17. The third kappa shape index (κ3) is 3.35. The average Bonchev–Trinajstić information content (AvgIpc) is 1.99. The van der Waals surface area contributed by atoms with Crippen molar-refractivity contribution < 1.29 is 14.6 Å². The number of piperazine rings is 1. The number of amides is 1. The molecule has 0 spiro atoms. The second-order valence-corrected chi connectivity index (χ2v) is 5.03. The second kappa shape index (κ2) is 3.98. The van der Waals surface area contributed by atoms with E-state index in [1.165, 1.54) is 4.90 Å². The predicted octanol–water partition coefficient (Wildman–Crippen LogP) is 0.535. The first kappa shape index (κ1) is 12.3. The summed E-state index contributed by atoms with van der Waals surface area (Å²) in [7, 11) is 0. The predicted molar refractivity (Wildman–Crippen MR) is 56.4 cm³/mol. The summed E-state index contributed by atoms with van der Waals surface area (Å²) in [6, 6.07) is 0. The third-order valence-electron chi connectivity index (χ3n) is 2.17. The molecule has 1 fully saturated rings. The molecule has 0 saturated carbocycles. The Morgan fingerprint density at radius 1 is 1.53 bits per heavy atom. The highest BCUT2D eigenvalue weighted by Gasteiger charge is 2.37. The van der Waals surface area contributed by atoms with Crippen LogP contribution < -0.4 is 5.32 Å². The first-order valence-corrected chi connectivity index (χ1v) is 5.16. The van der Waals surface area contributed by atoms with Gasteiger partial charge in [0, 0.05) is 19.6 Å². The van der Waals surface area contributed by atoms with Crippen molar-refractivity contribution >= 4 is 6.09 Å². The molecule has 0 radical (unpaired) electrons. The molecule has 1 aliphatic heterocycles. The number of nitrogens with zero attached hydrogens (tertiary/aromatic N) is 1. The molecular formula is C10H20N2O3. The maximum absolute atomic E-state index is 11.7. The summed E-state index contributed by atoms with van der Waals surface area (Å²) in [5.41, 5.74) is -1.70. The molecule has 1 heterocycles. The van der Waals surface area contributed by atoms with Gasteiger partial charge in [-0.1, -0.05) is 0 Å². The molecule has 5 nitrogen and oxygen atoms in total. The highest BCUT2D eigenvalue weighted by molar-refractivity contribution is 5.69. The van der Waals surface area contributed by atoms with E-state index in [1.807, 2.05) is 20.8 Å². The average molecular weight is 216 g/mol. The van der Waals surface area contributed by atoms with E-state index in [1.54, 1.807) is 6.92 Å². The molecule has 15 heavy (non-hydrogen) atoms. The molecule has 5 heteroatoms. The van der Waals surface area contributed by atoms with Gasteiger partial charge in [-0.3, -0.25) is 4.90 Å². The minimum atomic E-state index is -1.17. The molecule has 0 bridgehead atoms. The summed E-state index contributed by atoms with van der Waals surface area (Å²) < 4.78 is 5.21. The second-order valence-electron chi connectivity index (χ2n) is 5.03. The number of hydrogen-bond donors (Lipinski definition) is 2. The summed E-state index contributed by atoms with van der Waals surface area (Å²) in [5, 5.41) is 13.0. The Morgan fingerprint density at radius 3 is 2.60 bits per heavy atom. The van der Waals surface area contributed by atoms with Crippen LogP contribution in [0.3, 0.4) is 0 Å². The summed E-state index contributed by atoms with van der Waals surface area (Å²) in [5.74, 6) is 0. The van der Waals surface area contributed by atoms with Crippen LogP contribution in [0.25, 0.3) is 0 Å². The first-order valence-electron chi connectivity index (χ1n) is 5.16. The van der Waals surface area contributed by atoms with Gasteiger partial charge in [0.1, 0.15) is 5.60 Å². The molecule has 0 aliphatic carbocycles. The lowest BCUT2D eigenvalue weighted by molar-refractivity contribution is -0.104. The zero-order valence-electron chi connectivity index (χ0n) is 9.83. The Kier molecular flexibility index (Phi) is 3.25. The summed E-state index contributed by atoms with van der Waals surface area (Å²) in [6.07, 6.45) is -0.464. The van der Waals surface area contributed by atoms with E-state index in [9.17, 15) is 9.90 Å². The number of nitrogens with one attached hydrogen (secondary N) is 1. The highest BCUT2D eigenvalue weighted by atomic mass is 16.6. The topological polar surface area (TPSA) is 61.8 Å². The fourth-order valence-electron chi connectivity index (χ4n) is 1.46. The van der Waals surface area contributed by atoms with Gasteiger partial charge < -0.3 is 15.2 Å². The van der Waals surface area contributed by atoms with E-state index in [0.717, 1.165) is 0 Å². The van der Waals surface area contributed by atoms with Gasteiger partial charge in [0.25, 0.3) is 0 Å². The molecule has 1 rings (SSSR count). The van der Waals surface area contributed by atoms with Crippen LogP contribution in [-0.2, 0) is 4.74 Å². The lowest BCUT2D eigenvalue weighted by Gasteiger charge is -2.41. The summed E-state index contributed by atoms with van der Waals surface area (Å²) in [6.45, 7) is 8.53. The van der Waals surface area contributed by atoms with Crippen LogP contribution in [0.15, 0.2) is 0 Å². The number of rotatable bonds is 0. The van der Waals surface area contributed by atoms with Crippen molar-refractivity contribution in [2.24, 2.45) is 0 Å². The van der Waals surface area contributed by atoms with Crippen molar-refractivity contribution in [3.63, 3.8) is 0 Å². The van der Waals surface area contributed by atoms with E-state index in [4.69, 9.17) is 4.74 Å². The van der Waals surface area contributed by atoms with Crippen LogP contribution in [-0.4, -0.2) is 47.1 Å². The molecule has 2 N–H and O–H groups in total. The normalized spacial score (nSPS) is 27.7. The number of carbonyl (C=O) groups excluding carboxylic acids is 1. The lowest BCUT2D eigenvalue weighted by atomic mass is 10.1. The fraction of sp³-hybridized carbons (Fsp3) is 0.900. The Bertz CT molecular complexity index is 246. The molecule has 1 amide bonds. The number of hydrogen-bond acceptors (Lipinski definition) is 4. The van der Waals surface area contributed by atoms with Crippen molar-refractivity contribution in [1.29, 1.82) is 0 Å². The van der Waals surface area contributed by atoms with Gasteiger partial charge in [-0.05, 0) is 27.7 Å². The van der Waals surface area contributed by atoms with Gasteiger partial charge >= 0.3 is 6.09 Å². The quantitative estimate of drug-likeness (QED) is 0.620. The van der Waals surface area contributed by atoms with Crippen molar-refractivity contribution in [3.8, 4) is 0 Å². The monoisotopic (exact) mass is 216 g/mol. The molecule has 88 valence electrons. The fourth-order valence-corrected chi connectivity index (χ4v) is 1.46. The van der Waals surface area contributed by atoms with Crippen LogP contribution in [0.1, 0.15) is 27.7 Å². The van der Waals surface area contributed by atoms with E-state index < -0.39 is 17.4 Å². The molecule has 0 aromatic heterocycles. The molecule has 0 aromatic carbocycles. The van der Waals surface area contributed by atoms with Crippen molar-refractivity contribution in [1.82, 2.24) is 10.2 Å². The van der Waals surface area contributed by atoms with Gasteiger partial charge in [0.05, 0.1) is 0 Å². The van der Waals surface area contributed by atoms with Crippen LogP contribution in [0.5, 0.6) is 0 Å². The van der Waals surface area contributed by atoms with Crippen molar-refractivity contribution in [2.75, 3.05) is 19.6 Å². The van der Waals surface area contributed by atoms with Crippen LogP contribution in [0.2, 0.25) is 0 Å². The summed E-state index contributed by atoms with van der Waals surface area (Å²) >= 11 is 0. The number of ether oxygens (including phenoxy) is 1. The zero-order chi connectivity index (χ0) is 11.7. The van der Waals surface area contributed by atoms with E-state index in [0.29, 0.717) is 19.6 Å². The molecule has 1 atom stereocenters. The van der Waals surface area contributed by atoms with Crippen molar-refractivity contribution in [3.05, 3.63) is 0 Å². The smallest absolute Gasteiger partial charge is 0.412 e. The van der Waals surface area contributed by atoms with Crippen LogP contribution in [0.4, 0.5) is 4.79 Å². The van der Waals surface area contributed by atoms with E-state index >= 15 is 0 Å². The Labute approximate surface area is 90.4 Å². The van der Waals surface area contributed by atoms with Crippen molar-refractivity contribution in [2.45, 2.75) is 39.0 Å². The van der Waals surface area contributed by atoms with Crippen LogP contribution in [0, 0.1) is 0 Å². The molecule has 1 saturated heterocycles. The number of β-amino-alcohol motifs (C(OH)–C–C–N with tert-alkyl or cyclic N) is 1. The van der Waals surface area contributed by atoms with Gasteiger partial charge in [-0.25, -0.2) is 4.79 Å². The van der Waals surface area contributed by atoms with Gasteiger partial charge in [0.2, 0.25) is 0 Å². The Balaban J connectivity index is 2.65. The minimum absolute atomic E-state index is 0.367. The maximum Gasteiger partial charge on any atom is 0.412 e. The molecule has 1 aliphatic rings. The highest BCUT2D eigenvalue weighted by Crippen LogP contribution is 2.18. The SMILES string of the molecule is CC(C)(C)OC(=O)N1CCNC[C@@]1(C)O. The molecule has 0 unspecified atom stereocenters. The molecule has 0 aromatic rings. The Hall–Kier alpha value is -0.810. The van der Waals surface area contributed by atoms with E-state index in [-0.39, 0.29) is 0 Å². The molecular weight excluding hydrogens is 196 g/mol. The van der Waals surface area contributed by atoms with Gasteiger partial charge in [-0.15, -0.1) is 0 Å². The van der Waals surface area contributed by atoms with E-state index in [2.05, 4.69) is 5.32 Å². The van der Waals surface area contributed by atoms with Crippen LogP contribution >= 0.6 is 0 Å². The number of aliphatic hydroxyl groups is 1. The lowest BCUT2D eigenvalue weighted by Crippen LogP contribution is -2.62. The van der Waals surface area contributed by atoms with Gasteiger partial charge in [0.15, 0.2) is 5.72 Å². The first-order chi connectivity index (χ1) is 6.72. The Morgan fingerprint density at radius 2 is 2.13 bits per heavy atom. The zero-order valence-corrected chi connectivity index (χ0v) is 9.83. The largest absolute Gasteiger partial charge is 0.444 e. The summed E-state index contributed by atoms with van der Waals surface area (Å²) in [4.78, 5) is 13.1. The maximum atomic E-state index is 11.7.